The Kier molecular flexibility index (Phi) is 4.33. The zero-order chi connectivity index (χ0) is 15.4. The van der Waals surface area contributed by atoms with Gasteiger partial charge in [-0.25, -0.2) is 0 Å². The van der Waals surface area contributed by atoms with Crippen molar-refractivity contribution in [2.75, 3.05) is 31.8 Å². The van der Waals surface area contributed by atoms with Crippen molar-refractivity contribution in [3.8, 4) is 11.5 Å². The van der Waals surface area contributed by atoms with Crippen molar-refractivity contribution in [1.29, 1.82) is 0 Å². The maximum atomic E-state index is 11.9. The molecular weight excluding hydrogens is 266 g/mol. The molecule has 0 spiro atoms. The minimum Gasteiger partial charge on any atom is -0.456 e. The van der Waals surface area contributed by atoms with Gasteiger partial charge in [-0.1, -0.05) is 6.07 Å². The summed E-state index contributed by atoms with van der Waals surface area (Å²) in [6.45, 7) is 0. The number of rotatable bonds is 4. The lowest BCUT2D eigenvalue weighted by Gasteiger charge is -2.15. The number of nitrogens with zero attached hydrogens (tertiary/aromatic N) is 1. The molecule has 0 aliphatic heterocycles. The number of ether oxygens (including phenoxy) is 1. The van der Waals surface area contributed by atoms with Gasteiger partial charge in [0.15, 0.2) is 0 Å². The van der Waals surface area contributed by atoms with Crippen LogP contribution >= 0.6 is 0 Å². The Hall–Kier alpha value is -2.69. The van der Waals surface area contributed by atoms with Gasteiger partial charge in [0, 0.05) is 44.7 Å². The molecule has 2 aromatic rings. The molecule has 0 aliphatic rings. The van der Waals surface area contributed by atoms with E-state index in [2.05, 4.69) is 5.32 Å². The Balaban J connectivity index is 2.36. The molecule has 3 N–H and O–H groups in total. The van der Waals surface area contributed by atoms with E-state index in [1.807, 2.05) is 43.3 Å². The van der Waals surface area contributed by atoms with Crippen LogP contribution in [0.25, 0.3) is 0 Å². The summed E-state index contributed by atoms with van der Waals surface area (Å²) in [5.74, 6) is 0.871. The van der Waals surface area contributed by atoms with Gasteiger partial charge >= 0.3 is 0 Å². The lowest BCUT2D eigenvalue weighted by atomic mass is 10.1. The predicted molar refractivity (Wildman–Crippen MR) is 85.1 cm³/mol. The molecule has 110 valence electrons. The van der Waals surface area contributed by atoms with Crippen molar-refractivity contribution in [3.63, 3.8) is 0 Å². The molecule has 21 heavy (non-hydrogen) atoms. The van der Waals surface area contributed by atoms with Gasteiger partial charge < -0.3 is 20.7 Å². The minimum atomic E-state index is -0.214. The number of nitrogen functional groups attached to an aromatic ring is 1. The van der Waals surface area contributed by atoms with E-state index in [1.54, 1.807) is 25.2 Å². The summed E-state index contributed by atoms with van der Waals surface area (Å²) in [7, 11) is 5.49. The molecule has 0 atom stereocenters. The van der Waals surface area contributed by atoms with E-state index in [1.165, 1.54) is 0 Å². The van der Waals surface area contributed by atoms with E-state index in [9.17, 15) is 4.79 Å². The summed E-state index contributed by atoms with van der Waals surface area (Å²) in [6, 6.07) is 12.6. The molecule has 2 rings (SSSR count). The SMILES string of the molecule is CNC(=O)c1ccc(N)cc1Oc1cccc(N(C)C)c1. The van der Waals surface area contributed by atoms with Gasteiger partial charge in [-0.2, -0.15) is 0 Å². The molecule has 0 saturated heterocycles. The monoisotopic (exact) mass is 285 g/mol. The molecule has 0 saturated carbocycles. The number of nitrogens with two attached hydrogens (primary N) is 1. The zero-order valence-corrected chi connectivity index (χ0v) is 12.4. The van der Waals surface area contributed by atoms with Gasteiger partial charge in [0.05, 0.1) is 5.56 Å². The quantitative estimate of drug-likeness (QED) is 0.847. The number of nitrogens with one attached hydrogen (secondary N) is 1. The Labute approximate surface area is 124 Å². The van der Waals surface area contributed by atoms with E-state index in [0.29, 0.717) is 22.7 Å². The summed E-state index contributed by atoms with van der Waals surface area (Å²) < 4.78 is 5.84. The fourth-order valence-corrected chi connectivity index (χ4v) is 1.90. The topological polar surface area (TPSA) is 67.6 Å². The highest BCUT2D eigenvalue weighted by atomic mass is 16.5. The van der Waals surface area contributed by atoms with E-state index in [4.69, 9.17) is 10.5 Å². The van der Waals surface area contributed by atoms with Crippen LogP contribution in [0.2, 0.25) is 0 Å². The van der Waals surface area contributed by atoms with Crippen molar-refractivity contribution >= 4 is 17.3 Å². The average Bonchev–Trinajstić information content (AvgIpc) is 2.47. The van der Waals surface area contributed by atoms with Crippen molar-refractivity contribution in [2.45, 2.75) is 0 Å². The Morgan fingerprint density at radius 1 is 1.19 bits per heavy atom. The maximum Gasteiger partial charge on any atom is 0.254 e. The summed E-state index contributed by atoms with van der Waals surface area (Å²) in [6.07, 6.45) is 0. The van der Waals surface area contributed by atoms with Gasteiger partial charge in [0.1, 0.15) is 11.5 Å². The van der Waals surface area contributed by atoms with Crippen LogP contribution in [0.3, 0.4) is 0 Å². The van der Waals surface area contributed by atoms with Gasteiger partial charge in [0.2, 0.25) is 0 Å². The van der Waals surface area contributed by atoms with Crippen LogP contribution in [0.4, 0.5) is 11.4 Å². The molecular formula is C16H19N3O2. The van der Waals surface area contributed by atoms with Crippen LogP contribution in [0.15, 0.2) is 42.5 Å². The molecule has 5 heteroatoms. The number of carbonyl (C=O) groups is 1. The standard InChI is InChI=1S/C16H19N3O2/c1-18-16(20)14-8-7-11(17)9-15(14)21-13-6-4-5-12(10-13)19(2)3/h4-10H,17H2,1-3H3,(H,18,20). The second-order valence-corrected chi connectivity index (χ2v) is 4.83. The smallest absolute Gasteiger partial charge is 0.254 e. The van der Waals surface area contributed by atoms with Crippen molar-refractivity contribution < 1.29 is 9.53 Å². The Morgan fingerprint density at radius 3 is 2.62 bits per heavy atom. The number of carbonyl (C=O) groups excluding carboxylic acids is 1. The first-order valence-corrected chi connectivity index (χ1v) is 6.58. The van der Waals surface area contributed by atoms with Crippen molar-refractivity contribution in [1.82, 2.24) is 5.32 Å². The summed E-state index contributed by atoms with van der Waals surface area (Å²) in [5.41, 5.74) is 7.78. The molecule has 0 fully saturated rings. The summed E-state index contributed by atoms with van der Waals surface area (Å²) in [4.78, 5) is 13.8. The van der Waals surface area contributed by atoms with Crippen LogP contribution in [-0.4, -0.2) is 27.1 Å². The van der Waals surface area contributed by atoms with Gasteiger partial charge in [-0.05, 0) is 24.3 Å². The van der Waals surface area contributed by atoms with Crippen LogP contribution < -0.4 is 20.7 Å². The highest BCUT2D eigenvalue weighted by molar-refractivity contribution is 5.97. The zero-order valence-electron chi connectivity index (χ0n) is 12.4. The number of anilines is 2. The third-order valence-electron chi connectivity index (χ3n) is 3.04. The molecule has 2 aromatic carbocycles. The molecule has 0 radical (unpaired) electrons. The van der Waals surface area contributed by atoms with Gasteiger partial charge in [-0.15, -0.1) is 0 Å². The second-order valence-electron chi connectivity index (χ2n) is 4.83. The molecule has 5 nitrogen and oxygen atoms in total. The fraction of sp³-hybridized carbons (Fsp3) is 0.188. The number of amides is 1. The fourth-order valence-electron chi connectivity index (χ4n) is 1.90. The number of hydrogen-bond acceptors (Lipinski definition) is 4. The second kappa shape index (κ2) is 6.17. The molecule has 0 heterocycles. The largest absolute Gasteiger partial charge is 0.456 e. The first-order valence-electron chi connectivity index (χ1n) is 6.58. The van der Waals surface area contributed by atoms with Gasteiger partial charge in [0.25, 0.3) is 5.91 Å². The third kappa shape index (κ3) is 3.45. The molecule has 0 aromatic heterocycles. The van der Waals surface area contributed by atoms with Crippen molar-refractivity contribution in [3.05, 3.63) is 48.0 Å². The average molecular weight is 285 g/mol. The predicted octanol–water partition coefficient (Wildman–Crippen LogP) is 2.49. The van der Waals surface area contributed by atoms with E-state index in [0.717, 1.165) is 5.69 Å². The summed E-state index contributed by atoms with van der Waals surface area (Å²) >= 11 is 0. The van der Waals surface area contributed by atoms with Crippen LogP contribution in [-0.2, 0) is 0 Å². The lowest BCUT2D eigenvalue weighted by Crippen LogP contribution is -2.18. The number of benzene rings is 2. The van der Waals surface area contributed by atoms with Crippen LogP contribution in [0.5, 0.6) is 11.5 Å². The van der Waals surface area contributed by atoms with Crippen LogP contribution in [0, 0.1) is 0 Å². The maximum absolute atomic E-state index is 11.9. The Morgan fingerprint density at radius 2 is 1.95 bits per heavy atom. The first-order chi connectivity index (χ1) is 10.0. The lowest BCUT2D eigenvalue weighted by molar-refractivity contribution is 0.0961. The third-order valence-corrected chi connectivity index (χ3v) is 3.04. The number of hydrogen-bond donors (Lipinski definition) is 2. The molecule has 0 bridgehead atoms. The minimum absolute atomic E-state index is 0.214. The normalized spacial score (nSPS) is 10.0. The molecule has 0 aliphatic carbocycles. The van der Waals surface area contributed by atoms with Crippen molar-refractivity contribution in [2.24, 2.45) is 0 Å². The van der Waals surface area contributed by atoms with E-state index >= 15 is 0 Å². The Bertz CT molecular complexity index is 654. The first kappa shape index (κ1) is 14.7. The molecule has 1 amide bonds. The van der Waals surface area contributed by atoms with Crippen LogP contribution in [0.1, 0.15) is 10.4 Å². The molecule has 0 unspecified atom stereocenters. The van der Waals surface area contributed by atoms with E-state index < -0.39 is 0 Å². The van der Waals surface area contributed by atoms with E-state index in [-0.39, 0.29) is 5.91 Å². The highest BCUT2D eigenvalue weighted by Crippen LogP contribution is 2.29. The highest BCUT2D eigenvalue weighted by Gasteiger charge is 2.12. The summed E-state index contributed by atoms with van der Waals surface area (Å²) in [5, 5.41) is 2.59. The van der Waals surface area contributed by atoms with Gasteiger partial charge in [-0.3, -0.25) is 4.79 Å².